The Kier molecular flexibility index (Phi) is 6.45. The molecule has 4 nitrogen and oxygen atoms in total. The number of halogens is 3. The second kappa shape index (κ2) is 8.36. The molecule has 0 radical (unpaired) electrons. The van der Waals surface area contributed by atoms with Crippen LogP contribution < -0.4 is 0 Å². The molecule has 0 N–H and O–H groups in total. The Morgan fingerprint density at radius 2 is 1.88 bits per heavy atom. The van der Waals surface area contributed by atoms with Crippen molar-refractivity contribution in [2.45, 2.75) is 24.9 Å². The van der Waals surface area contributed by atoms with Gasteiger partial charge in [0.05, 0.1) is 12.5 Å². The molecule has 2 aromatic carbocycles. The number of piperidine rings is 1. The van der Waals surface area contributed by atoms with Crippen molar-refractivity contribution in [1.29, 1.82) is 0 Å². The van der Waals surface area contributed by atoms with Crippen LogP contribution in [0.2, 0.25) is 0 Å². The summed E-state index contributed by atoms with van der Waals surface area (Å²) < 4.78 is 27.5. The molecule has 7 heteroatoms. The van der Waals surface area contributed by atoms with E-state index in [9.17, 15) is 18.9 Å². The fourth-order valence-corrected chi connectivity index (χ4v) is 3.36. The molecule has 0 spiro atoms. The lowest BCUT2D eigenvalue weighted by Crippen LogP contribution is -2.46. The van der Waals surface area contributed by atoms with Gasteiger partial charge in [0.1, 0.15) is 11.6 Å². The van der Waals surface area contributed by atoms with Gasteiger partial charge in [0.15, 0.2) is 0 Å². The van der Waals surface area contributed by atoms with E-state index in [1.807, 2.05) is 35.2 Å². The van der Waals surface area contributed by atoms with E-state index in [0.29, 0.717) is 19.5 Å². The molecular formula is C18H19ClF2N2O2. The van der Waals surface area contributed by atoms with Crippen molar-refractivity contribution in [2.24, 2.45) is 0 Å². The molecule has 0 unspecified atom stereocenters. The van der Waals surface area contributed by atoms with Gasteiger partial charge in [-0.15, -0.1) is 12.4 Å². The molecule has 1 saturated heterocycles. The molecule has 0 bridgehead atoms. The van der Waals surface area contributed by atoms with Crippen molar-refractivity contribution in [1.82, 2.24) is 4.90 Å². The largest absolute Gasteiger partial charge is 0.292 e. The van der Waals surface area contributed by atoms with Crippen LogP contribution in [0.5, 0.6) is 0 Å². The Bertz CT molecular complexity index is 730. The molecule has 1 fully saturated rings. The molecule has 2 aromatic rings. The Hall–Kier alpha value is -2.05. The van der Waals surface area contributed by atoms with Crippen molar-refractivity contribution in [3.8, 4) is 0 Å². The Morgan fingerprint density at radius 1 is 1.16 bits per heavy atom. The second-order valence-corrected chi connectivity index (χ2v) is 6.13. The minimum absolute atomic E-state index is 0. The number of benzene rings is 2. The van der Waals surface area contributed by atoms with Crippen LogP contribution in [-0.2, 0) is 6.54 Å². The third-order valence-electron chi connectivity index (χ3n) is 4.54. The normalized spacial score (nSPS) is 20.7. The number of hydrogen-bond acceptors (Lipinski definition) is 3. The molecule has 1 heterocycles. The van der Waals surface area contributed by atoms with Crippen molar-refractivity contribution in [2.75, 3.05) is 13.1 Å². The topological polar surface area (TPSA) is 46.4 Å². The van der Waals surface area contributed by atoms with Gasteiger partial charge in [-0.25, -0.2) is 8.78 Å². The SMILES string of the molecule is Cl.O=[N+]([O-])[C@@H]1CN(Cc2ccccc2)CC[C@H]1c1cc(F)ccc1F. The first-order valence-corrected chi connectivity index (χ1v) is 7.89. The zero-order chi connectivity index (χ0) is 17.1. The Morgan fingerprint density at radius 3 is 2.56 bits per heavy atom. The van der Waals surface area contributed by atoms with Crippen molar-refractivity contribution >= 4 is 12.4 Å². The van der Waals surface area contributed by atoms with E-state index in [1.165, 1.54) is 0 Å². The average Bonchev–Trinajstić information content (AvgIpc) is 2.58. The first-order chi connectivity index (χ1) is 11.5. The zero-order valence-corrected chi connectivity index (χ0v) is 14.3. The van der Waals surface area contributed by atoms with E-state index < -0.39 is 23.6 Å². The van der Waals surface area contributed by atoms with Gasteiger partial charge in [-0.1, -0.05) is 30.3 Å². The highest BCUT2D eigenvalue weighted by molar-refractivity contribution is 5.85. The van der Waals surface area contributed by atoms with Crippen LogP contribution in [0.25, 0.3) is 0 Å². The van der Waals surface area contributed by atoms with Crippen LogP contribution in [-0.4, -0.2) is 29.0 Å². The van der Waals surface area contributed by atoms with E-state index in [0.717, 1.165) is 23.8 Å². The van der Waals surface area contributed by atoms with E-state index in [4.69, 9.17) is 0 Å². The Balaban J connectivity index is 0.00000225. The number of likely N-dealkylation sites (tertiary alicyclic amines) is 1. The predicted molar refractivity (Wildman–Crippen MR) is 93.5 cm³/mol. The van der Waals surface area contributed by atoms with Crippen molar-refractivity contribution in [3.63, 3.8) is 0 Å². The predicted octanol–water partition coefficient (Wildman–Crippen LogP) is 4.02. The third kappa shape index (κ3) is 4.52. The molecule has 3 rings (SSSR count). The number of nitro groups is 1. The molecule has 134 valence electrons. The van der Waals surface area contributed by atoms with E-state index in [-0.39, 0.29) is 29.4 Å². The van der Waals surface area contributed by atoms with Gasteiger partial charge in [-0.05, 0) is 36.7 Å². The van der Waals surface area contributed by atoms with Crippen LogP contribution in [0.3, 0.4) is 0 Å². The summed E-state index contributed by atoms with van der Waals surface area (Å²) in [6.45, 7) is 1.45. The fourth-order valence-electron chi connectivity index (χ4n) is 3.36. The average molecular weight is 369 g/mol. The van der Waals surface area contributed by atoms with Gasteiger partial charge in [0.2, 0.25) is 6.04 Å². The van der Waals surface area contributed by atoms with Crippen LogP contribution in [0.1, 0.15) is 23.5 Å². The number of nitrogens with zero attached hydrogens (tertiary/aromatic N) is 2. The summed E-state index contributed by atoms with van der Waals surface area (Å²) >= 11 is 0. The summed E-state index contributed by atoms with van der Waals surface area (Å²) in [5.74, 6) is -1.76. The minimum atomic E-state index is -0.946. The van der Waals surface area contributed by atoms with E-state index in [2.05, 4.69) is 0 Å². The number of rotatable bonds is 4. The lowest BCUT2D eigenvalue weighted by Gasteiger charge is -2.34. The van der Waals surface area contributed by atoms with E-state index in [1.54, 1.807) is 0 Å². The Labute approximate surface area is 151 Å². The molecule has 0 saturated carbocycles. The summed E-state index contributed by atoms with van der Waals surface area (Å²) in [7, 11) is 0. The molecular weight excluding hydrogens is 350 g/mol. The number of hydrogen-bond donors (Lipinski definition) is 0. The minimum Gasteiger partial charge on any atom is -0.292 e. The maximum atomic E-state index is 14.0. The summed E-state index contributed by atoms with van der Waals surface area (Å²) in [4.78, 5) is 13.1. The molecule has 1 aliphatic rings. The van der Waals surface area contributed by atoms with Crippen LogP contribution in [0.15, 0.2) is 48.5 Å². The molecule has 0 aromatic heterocycles. The standard InChI is InChI=1S/C18H18F2N2O2.ClH/c19-14-6-7-17(20)16(10-14)15-8-9-21(12-18(15)22(23)24)11-13-4-2-1-3-5-13;/h1-7,10,15,18H,8-9,11-12H2;1H/t15-,18+;/m0./s1. The second-order valence-electron chi connectivity index (χ2n) is 6.13. The van der Waals surface area contributed by atoms with Gasteiger partial charge in [-0.3, -0.25) is 15.0 Å². The maximum absolute atomic E-state index is 14.0. The highest BCUT2D eigenvalue weighted by atomic mass is 35.5. The summed E-state index contributed by atoms with van der Waals surface area (Å²) in [5, 5.41) is 11.5. The fraction of sp³-hybridized carbons (Fsp3) is 0.333. The lowest BCUT2D eigenvalue weighted by atomic mass is 9.85. The quantitative estimate of drug-likeness (QED) is 0.605. The highest BCUT2D eigenvalue weighted by Gasteiger charge is 2.39. The van der Waals surface area contributed by atoms with Gasteiger partial charge < -0.3 is 0 Å². The monoisotopic (exact) mass is 368 g/mol. The molecule has 0 aliphatic carbocycles. The maximum Gasteiger partial charge on any atom is 0.232 e. The zero-order valence-electron chi connectivity index (χ0n) is 13.5. The summed E-state index contributed by atoms with van der Waals surface area (Å²) in [5.41, 5.74) is 1.19. The first-order valence-electron chi connectivity index (χ1n) is 7.89. The van der Waals surface area contributed by atoms with Crippen molar-refractivity contribution in [3.05, 3.63) is 81.4 Å². The van der Waals surface area contributed by atoms with Gasteiger partial charge in [0, 0.05) is 17.0 Å². The molecule has 2 atom stereocenters. The molecule has 25 heavy (non-hydrogen) atoms. The molecule has 0 amide bonds. The van der Waals surface area contributed by atoms with Crippen LogP contribution in [0, 0.1) is 21.7 Å². The molecule has 1 aliphatic heterocycles. The van der Waals surface area contributed by atoms with Crippen LogP contribution in [0.4, 0.5) is 8.78 Å². The van der Waals surface area contributed by atoms with Gasteiger partial charge >= 0.3 is 0 Å². The highest BCUT2D eigenvalue weighted by Crippen LogP contribution is 2.32. The van der Waals surface area contributed by atoms with Gasteiger partial charge in [0.25, 0.3) is 0 Å². The smallest absolute Gasteiger partial charge is 0.232 e. The summed E-state index contributed by atoms with van der Waals surface area (Å²) in [6, 6.07) is 11.9. The van der Waals surface area contributed by atoms with Crippen molar-refractivity contribution < 1.29 is 13.7 Å². The van der Waals surface area contributed by atoms with Gasteiger partial charge in [-0.2, -0.15) is 0 Å². The van der Waals surface area contributed by atoms with E-state index >= 15 is 0 Å². The third-order valence-corrected chi connectivity index (χ3v) is 4.54. The first kappa shape index (κ1) is 19.3. The van der Waals surface area contributed by atoms with Crippen LogP contribution >= 0.6 is 12.4 Å². The summed E-state index contributed by atoms with van der Waals surface area (Å²) in [6.07, 6.45) is 0.429. The lowest BCUT2D eigenvalue weighted by molar-refractivity contribution is -0.530.